The molecule has 1 N–H and O–H groups in total. The van der Waals surface area contributed by atoms with E-state index >= 15 is 0 Å². The fourth-order valence-corrected chi connectivity index (χ4v) is 5.28. The summed E-state index contributed by atoms with van der Waals surface area (Å²) >= 11 is 5.92. The van der Waals surface area contributed by atoms with E-state index in [1.54, 1.807) is 31.2 Å². The molecule has 29 heavy (non-hydrogen) atoms. The van der Waals surface area contributed by atoms with Gasteiger partial charge in [-0.25, -0.2) is 8.42 Å². The minimum absolute atomic E-state index is 0.0397. The van der Waals surface area contributed by atoms with Gasteiger partial charge in [0.2, 0.25) is 0 Å². The Bertz CT molecular complexity index is 946. The molecule has 2 aromatic carbocycles. The van der Waals surface area contributed by atoms with E-state index in [9.17, 15) is 18.3 Å². The predicted octanol–water partition coefficient (Wildman–Crippen LogP) is 4.97. The lowest BCUT2D eigenvalue weighted by Gasteiger charge is -2.41. The Kier molecular flexibility index (Phi) is 7.54. The molecule has 0 saturated carbocycles. The second-order valence-electron chi connectivity index (χ2n) is 7.10. The summed E-state index contributed by atoms with van der Waals surface area (Å²) in [4.78, 5) is 11.7. The summed E-state index contributed by atoms with van der Waals surface area (Å²) in [6, 6.07) is 12.5. The van der Waals surface area contributed by atoms with Crippen LogP contribution in [0.5, 0.6) is 5.75 Å². The van der Waals surface area contributed by atoms with Gasteiger partial charge in [-0.3, -0.25) is 9.10 Å². The first-order valence-corrected chi connectivity index (χ1v) is 11.1. The number of carboxylic acids is 1. The Labute approximate surface area is 177 Å². The Hall–Kier alpha value is -2.25. The van der Waals surface area contributed by atoms with Gasteiger partial charge in [-0.1, -0.05) is 37.4 Å². The number of anilines is 1. The van der Waals surface area contributed by atoms with Crippen LogP contribution in [0.25, 0.3) is 0 Å². The molecule has 0 aliphatic carbocycles. The van der Waals surface area contributed by atoms with Crippen LogP contribution in [0.15, 0.2) is 53.4 Å². The molecule has 0 amide bonds. The number of carbonyl (C=O) groups is 1. The SMILES string of the molecule is CCCCC(C)(CC(=O)O)N(c1cccc(OC)c1)S(=O)(=O)c1ccc(Cl)cc1. The Balaban J connectivity index is 2.72. The van der Waals surface area contributed by atoms with Crippen molar-refractivity contribution in [3.8, 4) is 5.75 Å². The van der Waals surface area contributed by atoms with Gasteiger partial charge in [0.15, 0.2) is 0 Å². The second kappa shape index (κ2) is 9.50. The minimum atomic E-state index is -4.07. The number of rotatable bonds is 10. The number of ether oxygens (including phenoxy) is 1. The number of unbranched alkanes of at least 4 members (excludes halogenated alkanes) is 1. The van der Waals surface area contributed by atoms with Crippen molar-refractivity contribution in [2.24, 2.45) is 0 Å². The number of carboxylic acid groups (broad SMARTS) is 1. The van der Waals surface area contributed by atoms with Crippen molar-refractivity contribution in [2.45, 2.75) is 50.0 Å². The first-order chi connectivity index (χ1) is 13.6. The minimum Gasteiger partial charge on any atom is -0.497 e. The fourth-order valence-electron chi connectivity index (χ4n) is 3.33. The highest BCUT2D eigenvalue weighted by Crippen LogP contribution is 2.38. The van der Waals surface area contributed by atoms with Crippen LogP contribution in [0.1, 0.15) is 39.5 Å². The van der Waals surface area contributed by atoms with Gasteiger partial charge in [0.1, 0.15) is 5.75 Å². The lowest BCUT2D eigenvalue weighted by molar-refractivity contribution is -0.138. The quantitative estimate of drug-likeness (QED) is 0.565. The summed E-state index contributed by atoms with van der Waals surface area (Å²) in [7, 11) is -2.58. The molecule has 0 aliphatic rings. The average molecular weight is 440 g/mol. The predicted molar refractivity (Wildman–Crippen MR) is 114 cm³/mol. The zero-order valence-electron chi connectivity index (χ0n) is 16.8. The number of benzene rings is 2. The van der Waals surface area contributed by atoms with Crippen LogP contribution in [0.3, 0.4) is 0 Å². The summed E-state index contributed by atoms with van der Waals surface area (Å²) in [6.07, 6.45) is 1.54. The Morgan fingerprint density at radius 1 is 1.21 bits per heavy atom. The molecule has 0 fully saturated rings. The molecule has 2 rings (SSSR count). The highest BCUT2D eigenvalue weighted by Gasteiger charge is 2.42. The lowest BCUT2D eigenvalue weighted by Crippen LogP contribution is -2.51. The van der Waals surface area contributed by atoms with E-state index in [1.165, 1.54) is 35.7 Å². The summed E-state index contributed by atoms with van der Waals surface area (Å²) in [5.74, 6) is -0.588. The number of aliphatic carboxylic acids is 1. The molecular formula is C21H26ClNO5S. The molecule has 0 aromatic heterocycles. The van der Waals surface area contributed by atoms with E-state index in [0.29, 0.717) is 29.3 Å². The molecule has 8 heteroatoms. The highest BCUT2D eigenvalue weighted by atomic mass is 35.5. The smallest absolute Gasteiger partial charge is 0.305 e. The maximum atomic E-state index is 13.7. The van der Waals surface area contributed by atoms with Crippen LogP contribution in [-0.4, -0.2) is 32.1 Å². The van der Waals surface area contributed by atoms with Crippen LogP contribution in [0, 0.1) is 0 Å². The van der Waals surface area contributed by atoms with Crippen molar-refractivity contribution in [1.82, 2.24) is 0 Å². The molecule has 2 aromatic rings. The molecule has 0 aliphatic heterocycles. The van der Waals surface area contributed by atoms with Gasteiger partial charge in [-0.15, -0.1) is 0 Å². The van der Waals surface area contributed by atoms with E-state index in [4.69, 9.17) is 16.3 Å². The van der Waals surface area contributed by atoms with Crippen molar-refractivity contribution < 1.29 is 23.1 Å². The van der Waals surface area contributed by atoms with Gasteiger partial charge in [0, 0.05) is 11.1 Å². The van der Waals surface area contributed by atoms with Crippen molar-refractivity contribution in [1.29, 1.82) is 0 Å². The van der Waals surface area contributed by atoms with E-state index in [1.807, 2.05) is 6.92 Å². The molecule has 0 bridgehead atoms. The Morgan fingerprint density at radius 2 is 1.86 bits per heavy atom. The van der Waals surface area contributed by atoms with Crippen LogP contribution in [-0.2, 0) is 14.8 Å². The fraction of sp³-hybridized carbons (Fsp3) is 0.381. The number of nitrogens with zero attached hydrogens (tertiary/aromatic N) is 1. The molecule has 0 radical (unpaired) electrons. The number of sulfonamides is 1. The van der Waals surface area contributed by atoms with Crippen molar-refractivity contribution in [3.63, 3.8) is 0 Å². The second-order valence-corrected chi connectivity index (χ2v) is 9.32. The van der Waals surface area contributed by atoms with Crippen molar-refractivity contribution in [2.75, 3.05) is 11.4 Å². The van der Waals surface area contributed by atoms with Crippen LogP contribution in [0.4, 0.5) is 5.69 Å². The molecule has 1 unspecified atom stereocenters. The number of hydrogen-bond acceptors (Lipinski definition) is 4. The zero-order chi connectivity index (χ0) is 21.7. The van der Waals surface area contributed by atoms with Crippen LogP contribution in [0.2, 0.25) is 5.02 Å². The van der Waals surface area contributed by atoms with Gasteiger partial charge in [0.05, 0.1) is 29.7 Å². The summed E-state index contributed by atoms with van der Waals surface area (Å²) < 4.78 is 33.8. The van der Waals surface area contributed by atoms with Crippen LogP contribution < -0.4 is 9.04 Å². The van der Waals surface area contributed by atoms with Gasteiger partial charge in [0.25, 0.3) is 10.0 Å². The zero-order valence-corrected chi connectivity index (χ0v) is 18.3. The molecule has 158 valence electrons. The summed E-state index contributed by atoms with van der Waals surface area (Å²) in [5, 5.41) is 9.97. The monoisotopic (exact) mass is 439 g/mol. The first-order valence-electron chi connectivity index (χ1n) is 9.31. The van der Waals surface area contributed by atoms with Crippen LogP contribution >= 0.6 is 11.6 Å². The first kappa shape index (κ1) is 23.0. The molecule has 1 atom stereocenters. The van der Waals surface area contributed by atoms with Gasteiger partial charge in [-0.05, 0) is 49.7 Å². The lowest BCUT2D eigenvalue weighted by atomic mass is 9.90. The third-order valence-electron chi connectivity index (χ3n) is 4.73. The summed E-state index contributed by atoms with van der Waals surface area (Å²) in [5.41, 5.74) is -0.827. The topological polar surface area (TPSA) is 83.9 Å². The maximum Gasteiger partial charge on any atom is 0.305 e. The molecule has 0 heterocycles. The van der Waals surface area contributed by atoms with Gasteiger partial charge >= 0.3 is 5.97 Å². The summed E-state index contributed by atoms with van der Waals surface area (Å²) in [6.45, 7) is 3.65. The molecule has 0 saturated heterocycles. The van der Waals surface area contributed by atoms with E-state index in [0.717, 1.165) is 6.42 Å². The maximum absolute atomic E-state index is 13.7. The van der Waals surface area contributed by atoms with Gasteiger partial charge in [-0.2, -0.15) is 0 Å². The number of methoxy groups -OCH3 is 1. The van der Waals surface area contributed by atoms with E-state index in [-0.39, 0.29) is 11.3 Å². The van der Waals surface area contributed by atoms with E-state index in [2.05, 4.69) is 0 Å². The standard InChI is InChI=1S/C21H26ClNO5S/c1-4-5-13-21(2,15-20(24)25)23(17-7-6-8-18(14-17)28-3)29(26,27)19-11-9-16(22)10-12-19/h6-12,14H,4-5,13,15H2,1-3H3,(H,24,25). The number of halogens is 1. The van der Waals surface area contributed by atoms with Crippen molar-refractivity contribution in [3.05, 3.63) is 53.6 Å². The largest absolute Gasteiger partial charge is 0.497 e. The third-order valence-corrected chi connectivity index (χ3v) is 6.98. The highest BCUT2D eigenvalue weighted by molar-refractivity contribution is 7.93. The third kappa shape index (κ3) is 5.42. The Morgan fingerprint density at radius 3 is 2.41 bits per heavy atom. The molecule has 6 nitrogen and oxygen atoms in total. The van der Waals surface area contributed by atoms with Crippen molar-refractivity contribution >= 4 is 33.3 Å². The molecule has 0 spiro atoms. The van der Waals surface area contributed by atoms with E-state index < -0.39 is 21.5 Å². The molecular weight excluding hydrogens is 414 g/mol. The average Bonchev–Trinajstić information content (AvgIpc) is 2.66. The number of hydrogen-bond donors (Lipinski definition) is 1. The normalized spacial score (nSPS) is 13.5. The van der Waals surface area contributed by atoms with Gasteiger partial charge < -0.3 is 9.84 Å².